The van der Waals surface area contributed by atoms with Crippen LogP contribution in [0.5, 0.6) is 0 Å². The Bertz CT molecular complexity index is 1620. The number of carboxylic acids is 1. The Balaban J connectivity index is 0. The fourth-order valence-electron chi connectivity index (χ4n) is 3.74. The van der Waals surface area contributed by atoms with Crippen LogP contribution in [0.4, 0.5) is 0 Å². The summed E-state index contributed by atoms with van der Waals surface area (Å²) in [6, 6.07) is 15.2. The topological polar surface area (TPSA) is 138 Å². The number of rotatable bonds is 6. The standard InChI is InChI=1S/C10H9ClO2.C9H7ClO2.C8H15BO2.C8H6BrClO2.Na.H2O/c1-3-7-5-4-6-8(11)9(7)10(12)13-2;1-2-6-4-3-5-7(10)8(6)9(11)12;1-6-9-10-7(2,3)8(4,5)11-9;1-12-8(11)7-5(9)3-2-4-6(7)10;;/h3-6H,1H2,2H3;2-5H,1H2,(H,11,12);6H,1H2,2-5H3;2-4H,1H3;;1H2/q;;;;+1;/p-1. The Kier molecular flexibility index (Phi) is 23.1. The molecule has 3 aromatic rings. The number of hydrogen-bond donors (Lipinski definition) is 1. The van der Waals surface area contributed by atoms with Gasteiger partial charge in [-0.05, 0) is 79.0 Å². The van der Waals surface area contributed by atoms with Crippen molar-refractivity contribution in [2.24, 2.45) is 0 Å². The molecule has 0 aromatic heterocycles. The monoisotopic (exact) mass is 820 g/mol. The van der Waals surface area contributed by atoms with E-state index in [1.54, 1.807) is 60.6 Å². The van der Waals surface area contributed by atoms with E-state index in [2.05, 4.69) is 45.1 Å². The first-order valence-electron chi connectivity index (χ1n) is 14.1. The number of carbonyl (C=O) groups excluding carboxylic acids is 2. The molecule has 0 spiro atoms. The van der Waals surface area contributed by atoms with Crippen molar-refractivity contribution >= 4 is 87.9 Å². The maximum absolute atomic E-state index is 11.3. The van der Waals surface area contributed by atoms with Gasteiger partial charge in [-0.25, -0.2) is 14.4 Å². The van der Waals surface area contributed by atoms with Crippen LogP contribution in [0.3, 0.4) is 0 Å². The molecule has 2 N–H and O–H groups in total. The second kappa shape index (κ2) is 23.2. The number of esters is 2. The molecule has 0 unspecified atom stereocenters. The molecule has 15 heteroatoms. The molecule has 0 radical (unpaired) electrons. The van der Waals surface area contributed by atoms with E-state index in [-0.39, 0.29) is 63.9 Å². The quantitative estimate of drug-likeness (QED) is 0.206. The zero-order valence-corrected chi connectivity index (χ0v) is 34.7. The van der Waals surface area contributed by atoms with Crippen LogP contribution in [-0.4, -0.2) is 61.0 Å². The third kappa shape index (κ3) is 14.0. The van der Waals surface area contributed by atoms with E-state index in [0.717, 1.165) is 0 Å². The molecule has 4 rings (SSSR count). The molecule has 1 heterocycles. The predicted octanol–water partition coefficient (Wildman–Crippen LogP) is 6.97. The molecule has 50 heavy (non-hydrogen) atoms. The van der Waals surface area contributed by atoms with Crippen molar-refractivity contribution in [1.82, 2.24) is 0 Å². The van der Waals surface area contributed by atoms with Gasteiger partial charge in [0.05, 0.1) is 57.2 Å². The molecule has 9 nitrogen and oxygen atoms in total. The second-order valence-electron chi connectivity index (χ2n) is 10.6. The number of ether oxygens (including phenoxy) is 2. The van der Waals surface area contributed by atoms with E-state index in [4.69, 9.17) is 49.2 Å². The number of benzene rings is 3. The molecule has 264 valence electrons. The van der Waals surface area contributed by atoms with Crippen LogP contribution in [0.2, 0.25) is 15.1 Å². The van der Waals surface area contributed by atoms with Crippen molar-refractivity contribution in [2.75, 3.05) is 14.2 Å². The van der Waals surface area contributed by atoms with E-state index in [0.29, 0.717) is 36.8 Å². The molecule has 0 aliphatic carbocycles. The number of carbonyl (C=O) groups is 3. The molecule has 1 fully saturated rings. The largest absolute Gasteiger partial charge is 1.00 e. The van der Waals surface area contributed by atoms with Crippen molar-refractivity contribution in [3.05, 3.63) is 128 Å². The number of halogens is 4. The average molecular weight is 823 g/mol. The summed E-state index contributed by atoms with van der Waals surface area (Å²) in [7, 11) is 2.39. The van der Waals surface area contributed by atoms with Gasteiger partial charge < -0.3 is 29.4 Å². The Morgan fingerprint density at radius 3 is 1.42 bits per heavy atom. The van der Waals surface area contributed by atoms with Crippen LogP contribution in [0.15, 0.2) is 84.8 Å². The minimum atomic E-state index is -1.03. The van der Waals surface area contributed by atoms with Crippen molar-refractivity contribution in [1.29, 1.82) is 0 Å². The Morgan fingerprint density at radius 2 is 1.10 bits per heavy atom. The SMILES string of the molecule is C=CB1OC(C)(C)C(C)(C)O1.C=Cc1cccc(Cl)c1C(=O)O.C=Cc1cccc(Cl)c1C(=O)OC.COC(=O)c1c(Cl)cccc1Br.[Na+].[OH-]. The summed E-state index contributed by atoms with van der Waals surface area (Å²) >= 11 is 20.5. The van der Waals surface area contributed by atoms with Gasteiger partial charge in [-0.2, -0.15) is 0 Å². The van der Waals surface area contributed by atoms with Crippen LogP contribution in [0, 0.1) is 0 Å². The summed E-state index contributed by atoms with van der Waals surface area (Å²) < 4.78 is 20.9. The fourth-order valence-corrected chi connectivity index (χ4v) is 5.16. The summed E-state index contributed by atoms with van der Waals surface area (Å²) in [5, 5.41) is 9.75. The number of aromatic carboxylic acids is 1. The number of methoxy groups -OCH3 is 2. The van der Waals surface area contributed by atoms with Crippen LogP contribution in [0.25, 0.3) is 12.2 Å². The van der Waals surface area contributed by atoms with Crippen molar-refractivity contribution in [3.8, 4) is 0 Å². The minimum absolute atomic E-state index is 0. The average Bonchev–Trinajstić information content (AvgIpc) is 3.26. The van der Waals surface area contributed by atoms with Gasteiger partial charge in [0, 0.05) is 4.47 Å². The first-order chi connectivity index (χ1) is 22.4. The number of hydrogen-bond acceptors (Lipinski definition) is 8. The fraction of sp³-hybridized carbons (Fsp3) is 0.229. The Morgan fingerprint density at radius 1 is 0.740 bits per heavy atom. The molecule has 1 saturated heterocycles. The molecular formula is C35H38BBrCl3NaO9. The maximum Gasteiger partial charge on any atom is 1.00 e. The van der Waals surface area contributed by atoms with Gasteiger partial charge in [0.2, 0.25) is 0 Å². The summed E-state index contributed by atoms with van der Waals surface area (Å²) in [6.07, 6.45) is 3.04. The first-order valence-corrected chi connectivity index (χ1v) is 16.0. The Labute approximate surface area is 339 Å². The minimum Gasteiger partial charge on any atom is -0.870 e. The molecule has 0 amide bonds. The molecule has 3 aromatic carbocycles. The van der Waals surface area contributed by atoms with Crippen molar-refractivity contribution in [3.63, 3.8) is 0 Å². The molecule has 1 aliphatic rings. The van der Waals surface area contributed by atoms with Crippen LogP contribution >= 0.6 is 50.7 Å². The van der Waals surface area contributed by atoms with Gasteiger partial charge in [0.1, 0.15) is 0 Å². The van der Waals surface area contributed by atoms with Crippen LogP contribution < -0.4 is 29.6 Å². The maximum atomic E-state index is 11.3. The first kappa shape index (κ1) is 49.7. The predicted molar refractivity (Wildman–Crippen MR) is 200 cm³/mol. The summed E-state index contributed by atoms with van der Waals surface area (Å²) in [6.45, 7) is 18.8. The van der Waals surface area contributed by atoms with Crippen LogP contribution in [0.1, 0.15) is 69.9 Å². The third-order valence-electron chi connectivity index (χ3n) is 6.95. The van der Waals surface area contributed by atoms with Gasteiger partial charge in [0.15, 0.2) is 0 Å². The molecule has 0 saturated carbocycles. The molecule has 1 aliphatic heterocycles. The van der Waals surface area contributed by atoms with Crippen LogP contribution in [-0.2, 0) is 18.8 Å². The second-order valence-corrected chi connectivity index (χ2v) is 12.6. The summed E-state index contributed by atoms with van der Waals surface area (Å²) in [5.41, 5.74) is 1.59. The van der Waals surface area contributed by atoms with E-state index < -0.39 is 17.9 Å². The number of carboxylic acid groups (broad SMARTS) is 1. The normalized spacial score (nSPS) is 13.0. The molecular weight excluding hydrogens is 784 g/mol. The smallest absolute Gasteiger partial charge is 0.870 e. The van der Waals surface area contributed by atoms with Gasteiger partial charge in [-0.1, -0.05) is 96.4 Å². The van der Waals surface area contributed by atoms with E-state index in [1.807, 2.05) is 27.7 Å². The van der Waals surface area contributed by atoms with Crippen molar-refractivity contribution in [2.45, 2.75) is 38.9 Å². The zero-order valence-electron chi connectivity index (χ0n) is 28.9. The van der Waals surface area contributed by atoms with Gasteiger partial charge in [-0.3, -0.25) is 0 Å². The molecule has 0 bridgehead atoms. The van der Waals surface area contributed by atoms with Gasteiger partial charge in [0.25, 0.3) is 0 Å². The summed E-state index contributed by atoms with van der Waals surface area (Å²) in [5.74, 6) is -0.236. The summed E-state index contributed by atoms with van der Waals surface area (Å²) in [4.78, 5) is 33.0. The van der Waals surface area contributed by atoms with Crippen molar-refractivity contribution < 1.29 is 73.3 Å². The molecule has 0 atom stereocenters. The van der Waals surface area contributed by atoms with Gasteiger partial charge in [-0.15, -0.1) is 6.58 Å². The van der Waals surface area contributed by atoms with Gasteiger partial charge >= 0.3 is 54.6 Å². The third-order valence-corrected chi connectivity index (χ3v) is 8.56. The van der Waals surface area contributed by atoms with E-state index in [9.17, 15) is 14.4 Å². The van der Waals surface area contributed by atoms with E-state index in [1.165, 1.54) is 26.4 Å². The Hall–Kier alpha value is -2.42. The van der Waals surface area contributed by atoms with E-state index >= 15 is 0 Å². The zero-order chi connectivity index (χ0) is 36.8.